The van der Waals surface area contributed by atoms with Gasteiger partial charge < -0.3 is 10.1 Å². The van der Waals surface area contributed by atoms with E-state index in [1.54, 1.807) is 26.2 Å². The molecule has 1 saturated carbocycles. The average Bonchev–Trinajstić information content (AvgIpc) is 3.53. The van der Waals surface area contributed by atoms with Gasteiger partial charge in [-0.3, -0.25) is 4.79 Å². The molecular weight excluding hydrogens is 388 g/mol. The Labute approximate surface area is 172 Å². The molecule has 29 heavy (non-hydrogen) atoms. The predicted octanol–water partition coefficient (Wildman–Crippen LogP) is 3.25. The highest BCUT2D eigenvalue weighted by molar-refractivity contribution is 7.89. The Morgan fingerprint density at radius 3 is 2.45 bits per heavy atom. The van der Waals surface area contributed by atoms with Crippen molar-refractivity contribution in [1.82, 2.24) is 10.0 Å². The SMILES string of the molecule is COc1ccc(C(NC(=O)CCNS(=O)(=O)c2cc(C)ccc2C)C2CC2)cc1. The zero-order valence-corrected chi connectivity index (χ0v) is 17.9. The molecule has 0 spiro atoms. The van der Waals surface area contributed by atoms with Gasteiger partial charge in [-0.1, -0.05) is 24.3 Å². The fraction of sp³-hybridized carbons (Fsp3) is 0.409. The molecule has 1 atom stereocenters. The Kier molecular flexibility index (Phi) is 6.59. The third-order valence-corrected chi connectivity index (χ3v) is 6.77. The maximum absolute atomic E-state index is 12.6. The molecule has 2 N–H and O–H groups in total. The van der Waals surface area contributed by atoms with Crippen LogP contribution in [0.4, 0.5) is 0 Å². The molecule has 2 aromatic carbocycles. The van der Waals surface area contributed by atoms with Crippen LogP contribution in [0.1, 0.15) is 42.0 Å². The number of methoxy groups -OCH3 is 1. The second-order valence-corrected chi connectivity index (χ2v) is 9.31. The number of carbonyl (C=O) groups excluding carboxylic acids is 1. The van der Waals surface area contributed by atoms with Crippen LogP contribution in [0.3, 0.4) is 0 Å². The standard InChI is InChI=1S/C22H28N2O4S/c1-15-4-5-16(2)20(14-15)29(26,27)23-13-12-21(25)24-22(17-6-7-17)18-8-10-19(28-3)11-9-18/h4-5,8-11,14,17,22-23H,6-7,12-13H2,1-3H3,(H,24,25). The van der Waals surface area contributed by atoms with E-state index in [-0.39, 0.29) is 29.8 Å². The van der Waals surface area contributed by atoms with E-state index in [9.17, 15) is 13.2 Å². The van der Waals surface area contributed by atoms with Crippen molar-refractivity contribution in [2.45, 2.75) is 44.0 Å². The van der Waals surface area contributed by atoms with Crippen LogP contribution >= 0.6 is 0 Å². The summed E-state index contributed by atoms with van der Waals surface area (Å²) < 4.78 is 32.8. The van der Waals surface area contributed by atoms with E-state index in [0.717, 1.165) is 29.7 Å². The lowest BCUT2D eigenvalue weighted by molar-refractivity contribution is -0.121. The summed E-state index contributed by atoms with van der Waals surface area (Å²) in [6, 6.07) is 12.9. The maximum atomic E-state index is 12.6. The van der Waals surface area contributed by atoms with Crippen molar-refractivity contribution in [2.24, 2.45) is 5.92 Å². The normalized spacial score (nSPS) is 15.0. The second-order valence-electron chi connectivity index (χ2n) is 7.57. The summed E-state index contributed by atoms with van der Waals surface area (Å²) in [6.45, 7) is 3.67. The van der Waals surface area contributed by atoms with E-state index in [0.29, 0.717) is 11.5 Å². The van der Waals surface area contributed by atoms with Gasteiger partial charge in [0.2, 0.25) is 15.9 Å². The fourth-order valence-electron chi connectivity index (χ4n) is 3.33. The van der Waals surface area contributed by atoms with Crippen molar-refractivity contribution in [3.63, 3.8) is 0 Å². The van der Waals surface area contributed by atoms with E-state index in [2.05, 4.69) is 10.0 Å². The van der Waals surface area contributed by atoms with Gasteiger partial charge in [0, 0.05) is 13.0 Å². The zero-order valence-electron chi connectivity index (χ0n) is 17.1. The summed E-state index contributed by atoms with van der Waals surface area (Å²) in [4.78, 5) is 12.7. The molecule has 0 bridgehead atoms. The largest absolute Gasteiger partial charge is 0.497 e. The Morgan fingerprint density at radius 2 is 1.83 bits per heavy atom. The second kappa shape index (κ2) is 8.97. The summed E-state index contributed by atoms with van der Waals surface area (Å²) >= 11 is 0. The van der Waals surface area contributed by atoms with Gasteiger partial charge in [0.25, 0.3) is 0 Å². The first kappa shape index (κ1) is 21.3. The van der Waals surface area contributed by atoms with E-state index in [4.69, 9.17) is 4.74 Å². The number of benzene rings is 2. The number of ether oxygens (including phenoxy) is 1. The van der Waals surface area contributed by atoms with Crippen LogP contribution in [-0.2, 0) is 14.8 Å². The number of sulfonamides is 1. The van der Waals surface area contributed by atoms with Crippen LogP contribution in [-0.4, -0.2) is 28.0 Å². The molecule has 0 aliphatic heterocycles. The smallest absolute Gasteiger partial charge is 0.240 e. The number of rotatable bonds is 9. The van der Waals surface area contributed by atoms with Gasteiger partial charge in [-0.05, 0) is 67.5 Å². The van der Waals surface area contributed by atoms with Crippen LogP contribution in [0.15, 0.2) is 47.4 Å². The van der Waals surface area contributed by atoms with Crippen molar-refractivity contribution >= 4 is 15.9 Å². The molecule has 1 aliphatic carbocycles. The van der Waals surface area contributed by atoms with Crippen LogP contribution in [0.2, 0.25) is 0 Å². The Hall–Kier alpha value is -2.38. The molecule has 1 fully saturated rings. The molecule has 0 aromatic heterocycles. The molecule has 6 nitrogen and oxygen atoms in total. The molecule has 0 radical (unpaired) electrons. The van der Waals surface area contributed by atoms with Crippen molar-refractivity contribution in [2.75, 3.05) is 13.7 Å². The van der Waals surface area contributed by atoms with E-state index in [1.165, 1.54) is 0 Å². The van der Waals surface area contributed by atoms with Gasteiger partial charge in [0.05, 0.1) is 18.0 Å². The van der Waals surface area contributed by atoms with Crippen LogP contribution in [0, 0.1) is 19.8 Å². The number of carbonyl (C=O) groups is 1. The van der Waals surface area contributed by atoms with Gasteiger partial charge in [-0.15, -0.1) is 0 Å². The topological polar surface area (TPSA) is 84.5 Å². The zero-order chi connectivity index (χ0) is 21.0. The minimum absolute atomic E-state index is 0.0518. The average molecular weight is 417 g/mol. The Morgan fingerprint density at radius 1 is 1.14 bits per heavy atom. The number of hydrogen-bond donors (Lipinski definition) is 2. The van der Waals surface area contributed by atoms with Crippen molar-refractivity contribution < 1.29 is 17.9 Å². The van der Waals surface area contributed by atoms with Gasteiger partial charge in [0.15, 0.2) is 0 Å². The summed E-state index contributed by atoms with van der Waals surface area (Å²) in [5.74, 6) is 1.04. The first-order chi connectivity index (χ1) is 13.8. The fourth-order valence-corrected chi connectivity index (χ4v) is 4.69. The molecular formula is C22H28N2O4S. The lowest BCUT2D eigenvalue weighted by Crippen LogP contribution is -2.34. The lowest BCUT2D eigenvalue weighted by atomic mass is 10.0. The first-order valence-corrected chi connectivity index (χ1v) is 11.3. The van der Waals surface area contributed by atoms with Gasteiger partial charge in [-0.2, -0.15) is 0 Å². The molecule has 156 valence electrons. The summed E-state index contributed by atoms with van der Waals surface area (Å²) in [6.07, 6.45) is 2.25. The highest BCUT2D eigenvalue weighted by atomic mass is 32.2. The Bertz CT molecular complexity index is 967. The van der Waals surface area contributed by atoms with Crippen LogP contribution in [0.25, 0.3) is 0 Å². The summed E-state index contributed by atoms with van der Waals surface area (Å²) in [5.41, 5.74) is 2.60. The number of aryl methyl sites for hydroxylation is 2. The van der Waals surface area contributed by atoms with Gasteiger partial charge >= 0.3 is 0 Å². The molecule has 3 rings (SSSR count). The van der Waals surface area contributed by atoms with E-state index < -0.39 is 10.0 Å². The molecule has 1 unspecified atom stereocenters. The third kappa shape index (κ3) is 5.58. The highest BCUT2D eigenvalue weighted by Gasteiger charge is 2.33. The summed E-state index contributed by atoms with van der Waals surface area (Å²) in [7, 11) is -2.03. The number of hydrogen-bond acceptors (Lipinski definition) is 4. The lowest BCUT2D eigenvalue weighted by Gasteiger charge is -2.19. The predicted molar refractivity (Wildman–Crippen MR) is 112 cm³/mol. The van der Waals surface area contributed by atoms with Crippen LogP contribution < -0.4 is 14.8 Å². The maximum Gasteiger partial charge on any atom is 0.240 e. The minimum Gasteiger partial charge on any atom is -0.497 e. The van der Waals surface area contributed by atoms with E-state index in [1.807, 2.05) is 37.3 Å². The number of nitrogens with one attached hydrogen (secondary N) is 2. The van der Waals surface area contributed by atoms with Crippen molar-refractivity contribution in [3.8, 4) is 5.75 Å². The highest BCUT2D eigenvalue weighted by Crippen LogP contribution is 2.41. The van der Waals surface area contributed by atoms with E-state index >= 15 is 0 Å². The molecule has 1 amide bonds. The molecule has 0 heterocycles. The van der Waals surface area contributed by atoms with Gasteiger partial charge in [-0.25, -0.2) is 13.1 Å². The third-order valence-electron chi connectivity index (χ3n) is 5.16. The molecule has 7 heteroatoms. The van der Waals surface area contributed by atoms with Crippen molar-refractivity contribution in [3.05, 3.63) is 59.2 Å². The van der Waals surface area contributed by atoms with Crippen LogP contribution in [0.5, 0.6) is 5.75 Å². The molecule has 2 aromatic rings. The summed E-state index contributed by atoms with van der Waals surface area (Å²) in [5, 5.41) is 3.06. The van der Waals surface area contributed by atoms with Crippen molar-refractivity contribution in [1.29, 1.82) is 0 Å². The van der Waals surface area contributed by atoms with Gasteiger partial charge in [0.1, 0.15) is 5.75 Å². The first-order valence-electron chi connectivity index (χ1n) is 9.80. The number of amides is 1. The molecule has 0 saturated heterocycles. The minimum atomic E-state index is -3.65. The Balaban J connectivity index is 1.57. The molecule has 1 aliphatic rings. The monoisotopic (exact) mass is 416 g/mol. The quantitative estimate of drug-likeness (QED) is 0.657.